The normalized spacial score (nSPS) is 17.6. The lowest BCUT2D eigenvalue weighted by atomic mass is 9.91. The van der Waals surface area contributed by atoms with Crippen LogP contribution < -0.4 is 4.90 Å². The van der Waals surface area contributed by atoms with Gasteiger partial charge in [-0.05, 0) is 50.5 Å². The fraction of sp³-hybridized carbons (Fsp3) is 0.346. The second-order valence-corrected chi connectivity index (χ2v) is 11.0. The highest BCUT2D eigenvalue weighted by Gasteiger charge is 2.51. The Bertz CT molecular complexity index is 1320. The van der Waals surface area contributed by atoms with E-state index in [1.165, 1.54) is 18.0 Å². The summed E-state index contributed by atoms with van der Waals surface area (Å²) in [6, 6.07) is 12.8. The summed E-state index contributed by atoms with van der Waals surface area (Å²) in [5.74, 6) is -0.295. The number of imidazole rings is 1. The van der Waals surface area contributed by atoms with Crippen LogP contribution in [0, 0.1) is 6.92 Å². The number of ether oxygens (including phenoxy) is 1. The Balaban J connectivity index is 1.66. The minimum atomic E-state index is -1.89. The number of hydrogen-bond donors (Lipinski definition) is 0. The number of carbonyl (C=O) groups excluding carboxylic acids is 2. The van der Waals surface area contributed by atoms with E-state index in [1.807, 2.05) is 31.2 Å². The molecule has 0 aliphatic carbocycles. The molecular formula is C26H27Cl2N3O5S. The molecule has 1 aliphatic heterocycles. The van der Waals surface area contributed by atoms with Gasteiger partial charge in [0.2, 0.25) is 17.0 Å². The average Bonchev–Trinajstić information content (AvgIpc) is 3.35. The molecule has 1 aliphatic rings. The van der Waals surface area contributed by atoms with E-state index in [1.54, 1.807) is 29.7 Å². The zero-order valence-corrected chi connectivity index (χ0v) is 23.0. The van der Waals surface area contributed by atoms with Gasteiger partial charge < -0.3 is 4.74 Å². The summed E-state index contributed by atoms with van der Waals surface area (Å²) in [4.78, 5) is 30.8. The van der Waals surface area contributed by atoms with Crippen LogP contribution in [0.4, 0.5) is 11.6 Å². The maximum Gasteiger partial charge on any atom is 0.302 e. The van der Waals surface area contributed by atoms with Crippen molar-refractivity contribution in [3.05, 3.63) is 69.8 Å². The van der Waals surface area contributed by atoms with Gasteiger partial charge in [0.25, 0.3) is 5.91 Å². The molecule has 0 N–H and O–H groups in total. The number of anilines is 2. The summed E-state index contributed by atoms with van der Waals surface area (Å²) in [5, 5.41) is 1.02. The fourth-order valence-electron chi connectivity index (χ4n) is 4.27. The van der Waals surface area contributed by atoms with Crippen LogP contribution in [0.25, 0.3) is 0 Å². The van der Waals surface area contributed by atoms with Gasteiger partial charge in [-0.2, -0.15) is 0 Å². The van der Waals surface area contributed by atoms with Crippen LogP contribution in [0.15, 0.2) is 53.7 Å². The van der Waals surface area contributed by atoms with Gasteiger partial charge >= 0.3 is 5.97 Å². The number of fused-ring (bicyclic) bond motifs is 1. The lowest BCUT2D eigenvalue weighted by Gasteiger charge is -2.26. The number of carbonyl (C=O) groups is 2. The lowest BCUT2D eigenvalue weighted by molar-refractivity contribution is -0.141. The quantitative estimate of drug-likeness (QED) is 0.238. The molecule has 0 bridgehead atoms. The third-order valence-electron chi connectivity index (χ3n) is 6.05. The van der Waals surface area contributed by atoms with Gasteiger partial charge in [-0.15, -0.1) is 0 Å². The molecule has 0 saturated carbocycles. The molecule has 3 aromatic rings. The molecule has 2 atom stereocenters. The number of aromatic nitrogens is 2. The summed E-state index contributed by atoms with van der Waals surface area (Å²) in [6.07, 6.45) is 2.93. The summed E-state index contributed by atoms with van der Waals surface area (Å²) in [5.41, 5.74) is 1.37. The van der Waals surface area contributed by atoms with Gasteiger partial charge in [-0.1, -0.05) is 53.0 Å². The summed E-state index contributed by atoms with van der Waals surface area (Å²) < 4.78 is 25.4. The van der Waals surface area contributed by atoms with Crippen molar-refractivity contribution in [2.24, 2.45) is 0 Å². The molecule has 8 nitrogen and oxygen atoms in total. The largest absolute Gasteiger partial charge is 0.466 e. The van der Waals surface area contributed by atoms with E-state index in [9.17, 15) is 13.8 Å². The van der Waals surface area contributed by atoms with Crippen molar-refractivity contribution in [3.8, 4) is 0 Å². The van der Waals surface area contributed by atoms with Crippen LogP contribution in [0.2, 0.25) is 10.0 Å². The maximum atomic E-state index is 14.0. The van der Waals surface area contributed by atoms with Gasteiger partial charge in [0, 0.05) is 23.4 Å². The molecule has 196 valence electrons. The first kappa shape index (κ1) is 27.3. The average molecular weight is 564 g/mol. The number of aryl methyl sites for hydroxylation is 1. The SMILES string of the molecule is CC(=O)OCCCCOS(=O)c1cnc2n1[C@](C)(Cc1ccc(C)cc1)C(=O)N2c1cc(Cl)cc(Cl)c1. The molecule has 1 unspecified atom stereocenters. The number of hydrogen-bond acceptors (Lipinski definition) is 6. The molecule has 0 spiro atoms. The zero-order valence-electron chi connectivity index (χ0n) is 20.7. The Morgan fingerprint density at radius 2 is 1.73 bits per heavy atom. The third-order valence-corrected chi connectivity index (χ3v) is 7.49. The van der Waals surface area contributed by atoms with Crippen LogP contribution in [-0.2, 0) is 41.5 Å². The van der Waals surface area contributed by atoms with Gasteiger partial charge in [-0.3, -0.25) is 18.3 Å². The zero-order chi connectivity index (χ0) is 26.7. The predicted molar refractivity (Wildman–Crippen MR) is 143 cm³/mol. The first-order valence-electron chi connectivity index (χ1n) is 11.7. The third kappa shape index (κ3) is 5.90. The second-order valence-electron chi connectivity index (χ2n) is 9.04. The highest BCUT2D eigenvalue weighted by atomic mass is 35.5. The molecule has 1 aromatic heterocycles. The Morgan fingerprint density at radius 3 is 2.38 bits per heavy atom. The topological polar surface area (TPSA) is 90.7 Å². The maximum absolute atomic E-state index is 14.0. The predicted octanol–water partition coefficient (Wildman–Crippen LogP) is 5.52. The van der Waals surface area contributed by atoms with Gasteiger partial charge in [0.05, 0.1) is 25.1 Å². The van der Waals surface area contributed by atoms with Crippen LogP contribution in [0.5, 0.6) is 0 Å². The lowest BCUT2D eigenvalue weighted by Crippen LogP contribution is -2.41. The van der Waals surface area contributed by atoms with E-state index in [2.05, 4.69) is 4.98 Å². The van der Waals surface area contributed by atoms with Crippen molar-refractivity contribution < 1.29 is 22.7 Å². The number of amides is 1. The van der Waals surface area contributed by atoms with Crippen LogP contribution >= 0.6 is 23.2 Å². The Morgan fingerprint density at radius 1 is 1.08 bits per heavy atom. The van der Waals surface area contributed by atoms with Gasteiger partial charge in [0.15, 0.2) is 5.03 Å². The van der Waals surface area contributed by atoms with Gasteiger partial charge in [-0.25, -0.2) is 14.1 Å². The van der Waals surface area contributed by atoms with Crippen molar-refractivity contribution in [2.45, 2.75) is 50.6 Å². The standard InChI is InChI=1S/C26H27Cl2N3O5S/c1-17-6-8-19(9-7-17)15-26(3)24(33)30(22-13-20(27)12-21(28)14-22)25-29-16-23(31(25)26)37(34)36-11-5-4-10-35-18(2)32/h6-9,12-14,16H,4-5,10-11,15H2,1-3H3/t26-,37?/m1/s1. The summed E-state index contributed by atoms with van der Waals surface area (Å²) in [6.45, 7) is 5.60. The fourth-order valence-corrected chi connectivity index (χ4v) is 5.74. The van der Waals surface area contributed by atoms with Crippen molar-refractivity contribution >= 4 is 57.8 Å². The highest BCUT2D eigenvalue weighted by molar-refractivity contribution is 7.80. The molecule has 0 fully saturated rings. The first-order chi connectivity index (χ1) is 17.6. The van der Waals surface area contributed by atoms with Gasteiger partial charge in [0.1, 0.15) is 5.54 Å². The molecule has 11 heteroatoms. The number of rotatable bonds is 10. The minimum absolute atomic E-state index is 0.185. The Hall–Kier alpha value is -2.72. The van der Waals surface area contributed by atoms with E-state index >= 15 is 0 Å². The molecule has 1 amide bonds. The molecule has 2 heterocycles. The van der Waals surface area contributed by atoms with Crippen LogP contribution in [-0.4, -0.2) is 38.9 Å². The van der Waals surface area contributed by atoms with Crippen molar-refractivity contribution in [3.63, 3.8) is 0 Å². The van der Waals surface area contributed by atoms with E-state index in [-0.39, 0.29) is 30.1 Å². The number of halogens is 2. The molecule has 4 rings (SSSR count). The summed E-state index contributed by atoms with van der Waals surface area (Å²) >= 11 is 10.6. The molecular weight excluding hydrogens is 537 g/mol. The monoisotopic (exact) mass is 563 g/mol. The molecule has 37 heavy (non-hydrogen) atoms. The second kappa shape index (κ2) is 11.3. The molecule has 2 aromatic carbocycles. The number of unbranched alkanes of at least 4 members (excludes halogenated alkanes) is 1. The van der Waals surface area contributed by atoms with Crippen LogP contribution in [0.3, 0.4) is 0 Å². The van der Waals surface area contributed by atoms with E-state index in [0.717, 1.165) is 11.1 Å². The summed E-state index contributed by atoms with van der Waals surface area (Å²) in [7, 11) is 0. The van der Waals surface area contributed by atoms with Crippen molar-refractivity contribution in [1.82, 2.24) is 9.55 Å². The van der Waals surface area contributed by atoms with E-state index < -0.39 is 16.6 Å². The first-order valence-corrected chi connectivity index (χ1v) is 13.6. The molecule has 0 radical (unpaired) electrons. The number of benzene rings is 2. The van der Waals surface area contributed by atoms with Crippen molar-refractivity contribution in [1.29, 1.82) is 0 Å². The smallest absolute Gasteiger partial charge is 0.302 e. The highest BCUT2D eigenvalue weighted by Crippen LogP contribution is 2.44. The van der Waals surface area contributed by atoms with Crippen LogP contribution in [0.1, 0.15) is 37.8 Å². The Labute approximate surface area is 228 Å². The minimum Gasteiger partial charge on any atom is -0.466 e. The molecule has 0 saturated heterocycles. The number of esters is 1. The Kier molecular flexibility index (Phi) is 8.38. The van der Waals surface area contributed by atoms with Crippen molar-refractivity contribution in [2.75, 3.05) is 18.1 Å². The number of nitrogens with zero attached hydrogens (tertiary/aromatic N) is 3. The van der Waals surface area contributed by atoms with E-state index in [4.69, 9.17) is 32.1 Å². The van der Waals surface area contributed by atoms with E-state index in [0.29, 0.717) is 40.9 Å².